The van der Waals surface area contributed by atoms with Gasteiger partial charge in [-0.05, 0) is 4.92 Å². The van der Waals surface area contributed by atoms with Gasteiger partial charge < -0.3 is 20.5 Å². The first-order chi connectivity index (χ1) is 8.34. The maximum Gasteiger partial charge on any atom is 0.389 e. The fraction of sp³-hybridized carbons (Fsp3) is 0.600. The lowest BCUT2D eigenvalue weighted by molar-refractivity contribution is -0.389. The number of aliphatic hydroxyl groups is 1. The van der Waals surface area contributed by atoms with Crippen LogP contribution in [-0.4, -0.2) is 38.9 Å². The Balaban J connectivity index is 2.47. The van der Waals surface area contributed by atoms with E-state index in [1.54, 1.807) is 0 Å². The Morgan fingerprint density at radius 3 is 2.83 bits per heavy atom. The van der Waals surface area contributed by atoms with E-state index in [0.29, 0.717) is 6.54 Å². The van der Waals surface area contributed by atoms with Crippen molar-refractivity contribution in [3.8, 4) is 0 Å². The van der Waals surface area contributed by atoms with Crippen LogP contribution < -0.4 is 5.32 Å². The van der Waals surface area contributed by atoms with Crippen molar-refractivity contribution < 1.29 is 14.8 Å². The molecule has 1 rings (SSSR count). The van der Waals surface area contributed by atoms with Crippen LogP contribution in [0.1, 0.15) is 13.8 Å². The molecule has 1 aromatic rings. The van der Waals surface area contributed by atoms with E-state index in [2.05, 4.69) is 10.4 Å². The first kappa shape index (κ1) is 14.1. The fourth-order valence-electron chi connectivity index (χ4n) is 1.13. The van der Waals surface area contributed by atoms with Crippen LogP contribution in [0.3, 0.4) is 0 Å². The number of hydrogen-bond acceptors (Lipinski definition) is 5. The van der Waals surface area contributed by atoms with Gasteiger partial charge in [0.1, 0.15) is 6.54 Å². The van der Waals surface area contributed by atoms with Crippen LogP contribution in [0.2, 0.25) is 0 Å². The predicted molar refractivity (Wildman–Crippen MR) is 62.8 cm³/mol. The summed E-state index contributed by atoms with van der Waals surface area (Å²) in [5.41, 5.74) is -0.397. The number of aliphatic hydroxyl groups excluding tert-OH is 1. The molecular weight excluding hydrogens is 240 g/mol. The van der Waals surface area contributed by atoms with Gasteiger partial charge in [-0.2, -0.15) is 4.68 Å². The molecule has 18 heavy (non-hydrogen) atoms. The molecule has 0 bridgehead atoms. The molecule has 0 spiro atoms. The molecule has 0 unspecified atom stereocenters. The van der Waals surface area contributed by atoms with Gasteiger partial charge in [-0.15, -0.1) is 0 Å². The van der Waals surface area contributed by atoms with Gasteiger partial charge in [-0.25, -0.2) is 0 Å². The zero-order valence-corrected chi connectivity index (χ0v) is 10.3. The normalized spacial score (nSPS) is 11.3. The van der Waals surface area contributed by atoms with Gasteiger partial charge in [-0.1, -0.05) is 13.8 Å². The molecule has 0 saturated carbocycles. The van der Waals surface area contributed by atoms with Gasteiger partial charge in [-0.3, -0.25) is 4.79 Å². The van der Waals surface area contributed by atoms with Gasteiger partial charge >= 0.3 is 5.82 Å². The molecule has 0 saturated heterocycles. The van der Waals surface area contributed by atoms with E-state index in [4.69, 9.17) is 5.11 Å². The largest absolute Gasteiger partial charge is 0.396 e. The molecule has 1 heterocycles. The van der Waals surface area contributed by atoms with Gasteiger partial charge in [0.05, 0.1) is 17.4 Å². The summed E-state index contributed by atoms with van der Waals surface area (Å²) in [5.74, 6) is -0.604. The Morgan fingerprint density at radius 2 is 2.33 bits per heavy atom. The minimum Gasteiger partial charge on any atom is -0.396 e. The summed E-state index contributed by atoms with van der Waals surface area (Å²) in [7, 11) is 0. The molecule has 2 N–H and O–H groups in total. The van der Waals surface area contributed by atoms with Crippen molar-refractivity contribution in [1.29, 1.82) is 0 Å². The number of aromatic nitrogens is 2. The van der Waals surface area contributed by atoms with Crippen molar-refractivity contribution >= 4 is 11.7 Å². The summed E-state index contributed by atoms with van der Waals surface area (Å²) in [6.45, 7) is 3.82. The highest BCUT2D eigenvalue weighted by atomic mass is 16.6. The molecule has 100 valence electrons. The number of amides is 1. The minimum absolute atomic E-state index is 0.0411. The average Bonchev–Trinajstić information content (AvgIpc) is 2.75. The highest BCUT2D eigenvalue weighted by molar-refractivity contribution is 5.75. The number of rotatable bonds is 6. The van der Waals surface area contributed by atoms with Crippen LogP contribution in [0, 0.1) is 15.5 Å². The molecular formula is C10H16N4O4. The topological polar surface area (TPSA) is 110 Å². The second-order valence-electron chi connectivity index (χ2n) is 4.73. The molecule has 1 aromatic heterocycles. The van der Waals surface area contributed by atoms with Gasteiger partial charge in [0.15, 0.2) is 0 Å². The van der Waals surface area contributed by atoms with E-state index in [1.807, 2.05) is 13.8 Å². The van der Waals surface area contributed by atoms with E-state index in [0.717, 1.165) is 0 Å². The van der Waals surface area contributed by atoms with E-state index in [1.165, 1.54) is 16.9 Å². The van der Waals surface area contributed by atoms with Crippen molar-refractivity contribution in [3.63, 3.8) is 0 Å². The van der Waals surface area contributed by atoms with Gasteiger partial charge in [0.25, 0.3) is 0 Å². The lowest BCUT2D eigenvalue weighted by Gasteiger charge is -2.21. The molecule has 1 amide bonds. The van der Waals surface area contributed by atoms with Crippen LogP contribution >= 0.6 is 0 Å². The maximum atomic E-state index is 11.5. The molecule has 0 aliphatic heterocycles. The van der Waals surface area contributed by atoms with Crippen LogP contribution in [0.15, 0.2) is 12.3 Å². The van der Waals surface area contributed by atoms with E-state index < -0.39 is 10.3 Å². The lowest BCUT2D eigenvalue weighted by Crippen LogP contribution is -2.37. The zero-order chi connectivity index (χ0) is 13.8. The van der Waals surface area contributed by atoms with Crippen LogP contribution in [0.4, 0.5) is 5.82 Å². The van der Waals surface area contributed by atoms with Crippen LogP contribution in [0.5, 0.6) is 0 Å². The summed E-state index contributed by atoms with van der Waals surface area (Å²) >= 11 is 0. The molecule has 0 radical (unpaired) electrons. The number of hydrogen-bond donors (Lipinski definition) is 2. The Morgan fingerprint density at radius 1 is 1.67 bits per heavy atom. The van der Waals surface area contributed by atoms with Crippen molar-refractivity contribution in [2.45, 2.75) is 20.4 Å². The van der Waals surface area contributed by atoms with Crippen molar-refractivity contribution in [3.05, 3.63) is 22.4 Å². The molecule has 0 aliphatic carbocycles. The van der Waals surface area contributed by atoms with E-state index in [9.17, 15) is 14.9 Å². The van der Waals surface area contributed by atoms with Crippen LogP contribution in [0.25, 0.3) is 0 Å². The second-order valence-corrected chi connectivity index (χ2v) is 4.73. The summed E-state index contributed by atoms with van der Waals surface area (Å²) in [6, 6.07) is 1.23. The maximum absolute atomic E-state index is 11.5. The number of carbonyl (C=O) groups is 1. The average molecular weight is 256 g/mol. The zero-order valence-electron chi connectivity index (χ0n) is 10.3. The minimum atomic E-state index is -0.622. The molecule has 8 heteroatoms. The van der Waals surface area contributed by atoms with Crippen molar-refractivity contribution in [2.24, 2.45) is 5.41 Å². The summed E-state index contributed by atoms with van der Waals surface area (Å²) < 4.78 is 1.19. The highest BCUT2D eigenvalue weighted by Gasteiger charge is 2.18. The van der Waals surface area contributed by atoms with Crippen molar-refractivity contribution in [2.75, 3.05) is 13.2 Å². The van der Waals surface area contributed by atoms with Gasteiger partial charge in [0.2, 0.25) is 5.91 Å². The smallest absolute Gasteiger partial charge is 0.389 e. The number of nitrogens with one attached hydrogen (secondary N) is 1. The molecule has 0 aromatic carbocycles. The number of nitrogens with zero attached hydrogens (tertiary/aromatic N) is 3. The Kier molecular flexibility index (Phi) is 4.38. The summed E-state index contributed by atoms with van der Waals surface area (Å²) in [5, 5.41) is 25.7. The first-order valence-electron chi connectivity index (χ1n) is 5.39. The predicted octanol–water partition coefficient (Wildman–Crippen LogP) is -0.0740. The third-order valence-electron chi connectivity index (χ3n) is 2.31. The SMILES string of the molecule is CC(C)(CO)CNC(=O)Cn1ccc([N+](=O)[O-])n1. The van der Waals surface area contributed by atoms with E-state index in [-0.39, 0.29) is 24.9 Å². The standard InChI is InChI=1S/C10H16N4O4/c1-10(2,7-15)6-11-9(16)5-13-4-3-8(12-13)14(17)18/h3-4,15H,5-7H2,1-2H3,(H,11,16). The number of nitro groups is 1. The monoisotopic (exact) mass is 256 g/mol. The van der Waals surface area contributed by atoms with Gasteiger partial charge in [0, 0.05) is 18.6 Å². The fourth-order valence-corrected chi connectivity index (χ4v) is 1.13. The molecule has 0 aliphatic rings. The van der Waals surface area contributed by atoms with Crippen molar-refractivity contribution in [1.82, 2.24) is 15.1 Å². The Labute approximate surface area is 104 Å². The van der Waals surface area contributed by atoms with Crippen LogP contribution in [-0.2, 0) is 11.3 Å². The second kappa shape index (κ2) is 5.58. The Bertz CT molecular complexity index is 441. The third kappa shape index (κ3) is 4.13. The quantitative estimate of drug-likeness (QED) is 0.546. The highest BCUT2D eigenvalue weighted by Crippen LogP contribution is 2.11. The number of carbonyl (C=O) groups excluding carboxylic acids is 1. The first-order valence-corrected chi connectivity index (χ1v) is 5.39. The third-order valence-corrected chi connectivity index (χ3v) is 2.31. The lowest BCUT2D eigenvalue weighted by atomic mass is 9.95. The Hall–Kier alpha value is -1.96. The summed E-state index contributed by atoms with van der Waals surface area (Å²) in [4.78, 5) is 21.3. The molecule has 0 fully saturated rings. The molecule has 8 nitrogen and oxygen atoms in total. The van der Waals surface area contributed by atoms with E-state index >= 15 is 0 Å². The summed E-state index contributed by atoms with van der Waals surface area (Å²) in [6.07, 6.45) is 1.37. The molecule has 0 atom stereocenters.